The van der Waals surface area contributed by atoms with Crippen LogP contribution in [0.4, 0.5) is 11.4 Å². The maximum atomic E-state index is 11.6. The van der Waals surface area contributed by atoms with Crippen LogP contribution in [0, 0.1) is 6.92 Å². The Balaban J connectivity index is 2.82. The van der Waals surface area contributed by atoms with E-state index >= 15 is 0 Å². The van der Waals surface area contributed by atoms with Gasteiger partial charge < -0.3 is 16.0 Å². The van der Waals surface area contributed by atoms with Crippen molar-refractivity contribution < 1.29 is 4.79 Å². The summed E-state index contributed by atoms with van der Waals surface area (Å²) in [6.45, 7) is 7.68. The number of benzene rings is 1. The number of amides is 1. The van der Waals surface area contributed by atoms with E-state index in [4.69, 9.17) is 5.73 Å². The molecule has 3 N–H and O–H groups in total. The molecule has 0 aliphatic rings. The number of nitrogens with zero attached hydrogens (tertiary/aromatic N) is 1. The van der Waals surface area contributed by atoms with Crippen molar-refractivity contribution >= 4 is 17.3 Å². The lowest BCUT2D eigenvalue weighted by atomic mass is 10.2. The molecule has 17 heavy (non-hydrogen) atoms. The Morgan fingerprint density at radius 1 is 1.41 bits per heavy atom. The number of anilines is 2. The van der Waals surface area contributed by atoms with Crippen LogP contribution >= 0.6 is 0 Å². The van der Waals surface area contributed by atoms with E-state index in [0.717, 1.165) is 23.5 Å². The molecule has 0 fully saturated rings. The molecule has 1 aromatic rings. The van der Waals surface area contributed by atoms with E-state index in [1.165, 1.54) is 0 Å². The van der Waals surface area contributed by atoms with Gasteiger partial charge in [0.25, 0.3) is 0 Å². The van der Waals surface area contributed by atoms with Crippen molar-refractivity contribution in [2.24, 2.45) is 0 Å². The van der Waals surface area contributed by atoms with Gasteiger partial charge in [-0.3, -0.25) is 4.79 Å². The minimum absolute atomic E-state index is 0.0225. The average Bonchev–Trinajstić information content (AvgIpc) is 2.27. The van der Waals surface area contributed by atoms with Gasteiger partial charge >= 0.3 is 0 Å². The van der Waals surface area contributed by atoms with E-state index in [1.807, 2.05) is 43.9 Å². The van der Waals surface area contributed by atoms with Crippen LogP contribution in [0.3, 0.4) is 0 Å². The Morgan fingerprint density at radius 2 is 2.12 bits per heavy atom. The number of carbonyl (C=O) groups excluding carboxylic acids is 1. The first-order valence-corrected chi connectivity index (χ1v) is 5.96. The minimum atomic E-state index is 0.0225. The first-order valence-electron chi connectivity index (χ1n) is 5.96. The van der Waals surface area contributed by atoms with Crippen LogP contribution in [-0.4, -0.2) is 25.5 Å². The van der Waals surface area contributed by atoms with Gasteiger partial charge in [-0.05, 0) is 38.5 Å². The maximum Gasteiger partial charge on any atom is 0.239 e. The molecule has 1 rings (SSSR count). The maximum absolute atomic E-state index is 11.6. The molecular formula is C13H21N3O. The number of hydrogen-bond acceptors (Lipinski definition) is 3. The van der Waals surface area contributed by atoms with Crippen molar-refractivity contribution in [1.82, 2.24) is 5.32 Å². The monoisotopic (exact) mass is 235 g/mol. The predicted octanol–water partition coefficient (Wildman–Crippen LogP) is 1.54. The molecule has 0 saturated heterocycles. The number of hydrogen-bond donors (Lipinski definition) is 2. The van der Waals surface area contributed by atoms with Crippen molar-refractivity contribution in [1.29, 1.82) is 0 Å². The molecular weight excluding hydrogens is 214 g/mol. The standard InChI is InChI=1S/C13H21N3O/c1-4-15-13(17)9-16(5-2)12-7-6-10(3)8-11(12)14/h6-8H,4-5,9,14H2,1-3H3,(H,15,17). The fourth-order valence-corrected chi connectivity index (χ4v) is 1.76. The number of aryl methyl sites for hydroxylation is 1. The average molecular weight is 235 g/mol. The summed E-state index contributed by atoms with van der Waals surface area (Å²) >= 11 is 0. The number of likely N-dealkylation sites (N-methyl/N-ethyl adjacent to an activating group) is 2. The van der Waals surface area contributed by atoms with Crippen LogP contribution in [-0.2, 0) is 4.79 Å². The molecule has 0 bridgehead atoms. The topological polar surface area (TPSA) is 58.4 Å². The smallest absolute Gasteiger partial charge is 0.239 e. The summed E-state index contributed by atoms with van der Waals surface area (Å²) in [6, 6.07) is 5.90. The fourth-order valence-electron chi connectivity index (χ4n) is 1.76. The van der Waals surface area contributed by atoms with Crippen molar-refractivity contribution in [2.75, 3.05) is 30.3 Å². The highest BCUT2D eigenvalue weighted by Crippen LogP contribution is 2.23. The third-order valence-electron chi connectivity index (χ3n) is 2.61. The number of rotatable bonds is 5. The van der Waals surface area contributed by atoms with Crippen LogP contribution in [0.25, 0.3) is 0 Å². The van der Waals surface area contributed by atoms with Gasteiger partial charge in [0.1, 0.15) is 0 Å². The second-order valence-corrected chi connectivity index (χ2v) is 4.03. The molecule has 1 aromatic carbocycles. The third-order valence-corrected chi connectivity index (χ3v) is 2.61. The lowest BCUT2D eigenvalue weighted by Crippen LogP contribution is -2.37. The molecule has 0 unspecified atom stereocenters. The third kappa shape index (κ3) is 3.66. The van der Waals surface area contributed by atoms with Gasteiger partial charge in [0.15, 0.2) is 0 Å². The van der Waals surface area contributed by atoms with Gasteiger partial charge in [-0.1, -0.05) is 6.07 Å². The zero-order chi connectivity index (χ0) is 12.8. The van der Waals surface area contributed by atoms with E-state index in [0.29, 0.717) is 13.1 Å². The number of nitrogens with two attached hydrogens (primary N) is 1. The molecule has 0 aliphatic carbocycles. The summed E-state index contributed by atoms with van der Waals surface area (Å²) in [7, 11) is 0. The lowest BCUT2D eigenvalue weighted by molar-refractivity contribution is -0.119. The molecule has 94 valence electrons. The number of carbonyl (C=O) groups is 1. The Kier molecular flexibility index (Phi) is 4.82. The van der Waals surface area contributed by atoms with Crippen LogP contribution < -0.4 is 16.0 Å². The summed E-state index contributed by atoms with van der Waals surface area (Å²) in [5, 5.41) is 2.79. The second-order valence-electron chi connectivity index (χ2n) is 4.03. The quantitative estimate of drug-likeness (QED) is 0.761. The lowest BCUT2D eigenvalue weighted by Gasteiger charge is -2.24. The predicted molar refractivity (Wildman–Crippen MR) is 72.2 cm³/mol. The molecule has 0 aliphatic heterocycles. The van der Waals surface area contributed by atoms with E-state index in [9.17, 15) is 4.79 Å². The molecule has 0 heterocycles. The zero-order valence-corrected chi connectivity index (χ0v) is 10.8. The van der Waals surface area contributed by atoms with Gasteiger partial charge in [0.05, 0.1) is 17.9 Å². The normalized spacial score (nSPS) is 10.1. The number of nitrogen functional groups attached to an aromatic ring is 1. The molecule has 0 radical (unpaired) electrons. The van der Waals surface area contributed by atoms with Crippen LogP contribution in [0.15, 0.2) is 18.2 Å². The molecule has 4 nitrogen and oxygen atoms in total. The van der Waals surface area contributed by atoms with E-state index < -0.39 is 0 Å². The fraction of sp³-hybridized carbons (Fsp3) is 0.462. The molecule has 0 aromatic heterocycles. The molecule has 1 amide bonds. The number of nitrogens with one attached hydrogen (secondary N) is 1. The Morgan fingerprint density at radius 3 is 2.65 bits per heavy atom. The molecule has 0 spiro atoms. The summed E-state index contributed by atoms with van der Waals surface area (Å²) in [6.07, 6.45) is 0. The van der Waals surface area contributed by atoms with Crippen LogP contribution in [0.1, 0.15) is 19.4 Å². The zero-order valence-electron chi connectivity index (χ0n) is 10.8. The largest absolute Gasteiger partial charge is 0.397 e. The second kappa shape index (κ2) is 6.13. The van der Waals surface area contributed by atoms with Gasteiger partial charge in [-0.2, -0.15) is 0 Å². The summed E-state index contributed by atoms with van der Waals surface area (Å²) in [4.78, 5) is 13.5. The Hall–Kier alpha value is -1.71. The van der Waals surface area contributed by atoms with Crippen molar-refractivity contribution in [3.05, 3.63) is 23.8 Å². The van der Waals surface area contributed by atoms with Crippen LogP contribution in [0.2, 0.25) is 0 Å². The Labute approximate surface area is 103 Å². The first-order chi connectivity index (χ1) is 8.08. The van der Waals surface area contributed by atoms with Crippen molar-refractivity contribution in [3.63, 3.8) is 0 Å². The molecule has 0 atom stereocenters. The van der Waals surface area contributed by atoms with Gasteiger partial charge in [-0.15, -0.1) is 0 Å². The molecule has 4 heteroatoms. The summed E-state index contributed by atoms with van der Waals surface area (Å²) in [5.74, 6) is 0.0225. The first kappa shape index (κ1) is 13.4. The summed E-state index contributed by atoms with van der Waals surface area (Å²) in [5.41, 5.74) is 8.74. The van der Waals surface area contributed by atoms with Gasteiger partial charge in [0.2, 0.25) is 5.91 Å². The summed E-state index contributed by atoms with van der Waals surface area (Å²) < 4.78 is 0. The van der Waals surface area contributed by atoms with Crippen molar-refractivity contribution in [2.45, 2.75) is 20.8 Å². The highest BCUT2D eigenvalue weighted by Gasteiger charge is 2.11. The molecule has 0 saturated carbocycles. The SMILES string of the molecule is CCNC(=O)CN(CC)c1ccc(C)cc1N. The van der Waals surface area contributed by atoms with E-state index in [-0.39, 0.29) is 5.91 Å². The van der Waals surface area contributed by atoms with E-state index in [1.54, 1.807) is 0 Å². The van der Waals surface area contributed by atoms with Gasteiger partial charge in [-0.25, -0.2) is 0 Å². The van der Waals surface area contributed by atoms with E-state index in [2.05, 4.69) is 5.32 Å². The highest BCUT2D eigenvalue weighted by molar-refractivity contribution is 5.83. The minimum Gasteiger partial charge on any atom is -0.397 e. The van der Waals surface area contributed by atoms with Crippen molar-refractivity contribution in [3.8, 4) is 0 Å². The van der Waals surface area contributed by atoms with Crippen LogP contribution in [0.5, 0.6) is 0 Å². The van der Waals surface area contributed by atoms with Gasteiger partial charge in [0, 0.05) is 13.1 Å². The Bertz CT molecular complexity index is 390. The highest BCUT2D eigenvalue weighted by atomic mass is 16.2.